The molecule has 0 radical (unpaired) electrons. The second-order valence-electron chi connectivity index (χ2n) is 44.2. The Morgan fingerprint density at radius 1 is 0.242 bits per heavy atom. The van der Waals surface area contributed by atoms with Gasteiger partial charge in [-0.3, -0.25) is 0 Å². The Kier molecular flexibility index (Phi) is 26.9. The number of nitriles is 1. The quantitative estimate of drug-likeness (QED) is 0.166. The van der Waals surface area contributed by atoms with Gasteiger partial charge in [0.2, 0.25) is 0 Å². The van der Waals surface area contributed by atoms with Gasteiger partial charge in [-0.05, 0) is 297 Å². The molecule has 0 N–H and O–H groups in total. The van der Waals surface area contributed by atoms with Gasteiger partial charge in [0.25, 0.3) is 0 Å². The van der Waals surface area contributed by atoms with E-state index in [1.54, 1.807) is 7.11 Å². The maximum absolute atomic E-state index is 8.15. The largest absolute Gasteiger partial charge is 0.379 e. The number of benzene rings is 12. The van der Waals surface area contributed by atoms with Crippen LogP contribution in [0.25, 0.3) is 110 Å². The number of rotatable bonds is 6. The number of para-hydroxylation sites is 6. The Morgan fingerprint density at radius 2 is 0.435 bits per heavy atom. The first kappa shape index (κ1) is 93.7. The topological polar surface area (TPSA) is 59.2 Å². The lowest BCUT2D eigenvalue weighted by Gasteiger charge is -2.37. The van der Waals surface area contributed by atoms with Gasteiger partial charge in [-0.2, -0.15) is 5.26 Å². The minimum absolute atomic E-state index is 0.00226. The van der Waals surface area contributed by atoms with Gasteiger partial charge >= 0.3 is 0 Å². The van der Waals surface area contributed by atoms with Crippen molar-refractivity contribution < 1.29 is 4.74 Å². The fraction of sp³-hybridized carbons (Fsp3) is 0.371. The first-order valence-corrected chi connectivity index (χ1v) is 44.6. The molecule has 0 bridgehead atoms. The fourth-order valence-electron chi connectivity index (χ4n) is 15.5. The molecule has 4 heterocycles. The molecule has 0 aliphatic rings. The zero-order valence-corrected chi connectivity index (χ0v) is 81.4. The number of hydrogen-bond donors (Lipinski definition) is 0. The molecule has 0 saturated heterocycles. The third kappa shape index (κ3) is 21.3. The summed E-state index contributed by atoms with van der Waals surface area (Å²) in [6.45, 7) is 66.6. The molecule has 0 aliphatic carbocycles. The first-order chi connectivity index (χ1) is 57.6. The molecule has 124 heavy (non-hydrogen) atoms. The van der Waals surface area contributed by atoms with E-state index in [1.807, 2.05) is 41.5 Å². The molecule has 16 rings (SSSR count). The van der Waals surface area contributed by atoms with E-state index in [0.29, 0.717) is 5.54 Å². The first-order valence-electron chi connectivity index (χ1n) is 44.6. The molecule has 0 aliphatic heterocycles. The van der Waals surface area contributed by atoms with E-state index in [-0.39, 0.29) is 49.0 Å². The number of fused-ring (bicyclic) bond motifs is 12. The van der Waals surface area contributed by atoms with Crippen LogP contribution in [-0.2, 0) is 37.2 Å². The van der Waals surface area contributed by atoms with E-state index >= 15 is 0 Å². The predicted octanol–water partition coefficient (Wildman–Crippen LogP) is 32.5. The van der Waals surface area contributed by atoms with Crippen LogP contribution in [0, 0.1) is 16.7 Å². The molecule has 8 heteroatoms. The maximum atomic E-state index is 8.15. The van der Waals surface area contributed by atoms with Crippen LogP contribution in [0.4, 0.5) is 11.4 Å². The number of methoxy groups -OCH3 is 1. The van der Waals surface area contributed by atoms with Gasteiger partial charge in [-0.1, -0.05) is 258 Å². The summed E-state index contributed by atoms with van der Waals surface area (Å²) in [7, 11) is 5.88. The lowest BCUT2D eigenvalue weighted by molar-refractivity contribution is 0.0397. The molecule has 12 aromatic carbocycles. The van der Waals surface area contributed by atoms with Crippen molar-refractivity contribution in [1.82, 2.24) is 23.2 Å². The van der Waals surface area contributed by atoms with Crippen molar-refractivity contribution in [2.45, 2.75) is 257 Å². The van der Waals surface area contributed by atoms with Gasteiger partial charge in [-0.15, -0.1) is 0 Å². The van der Waals surface area contributed by atoms with Crippen molar-refractivity contribution in [3.8, 4) is 28.8 Å². The molecular formula is C116H143N7O. The normalized spacial score (nSPS) is 12.7. The van der Waals surface area contributed by atoms with E-state index in [2.05, 4.69) is 481 Å². The molecule has 0 unspecified atom stereocenters. The number of hydrogen-bond acceptors (Lipinski definition) is 4. The monoisotopic (exact) mass is 1650 g/mol. The Morgan fingerprint density at radius 3 is 0.613 bits per heavy atom. The van der Waals surface area contributed by atoms with Crippen molar-refractivity contribution in [1.29, 1.82) is 5.26 Å². The fourth-order valence-corrected chi connectivity index (χ4v) is 15.5. The summed E-state index contributed by atoms with van der Waals surface area (Å²) in [5, 5.41) is 18.6. The Labute approximate surface area is 744 Å². The standard InChI is InChI=1S/C50H60N2.C34H28N2.C16H19N.C6H15N.C5H9N.C5H12O/c1-46(2,3)31-16-20-42-38(26-31)39-27-32(47(4,5)6)17-21-43(39)51(42)36-24-35(50(13,14)15)25-37(30-36)52-44-22-18-33(48(7,8)9)28-40(44)41-29-34(49(10,11)12)19-23-45(41)52;1-34(2,3)23-20-24(35-30-16-8-4-12-26(30)27-13-5-9-17-31(27)35)22-25(21-23)36-32-18-10-6-14-28(32)29-15-7-11-19-33(29)36;1-16(2,3)17(14-10-6-4-7-11-14)15-12-8-5-9-13-15;1-6(2,3)7(4)5;1-5(2,3)4-6;1-5(2,3)6-4/h16-30H,1-15H3;4-22H,1-3H3;4-13H,1-3H3;1-5H3;1-3H3;1-4H3. The van der Waals surface area contributed by atoms with Crippen molar-refractivity contribution in [3.05, 3.63) is 300 Å². The Balaban J connectivity index is 0.000000177. The van der Waals surface area contributed by atoms with Crippen LogP contribution in [0.5, 0.6) is 0 Å². The lowest BCUT2D eigenvalue weighted by atomic mass is 9.85. The highest BCUT2D eigenvalue weighted by atomic mass is 16.5. The van der Waals surface area contributed by atoms with Gasteiger partial charge < -0.3 is 32.8 Å². The van der Waals surface area contributed by atoms with Crippen LogP contribution in [0.15, 0.2) is 267 Å². The predicted molar refractivity (Wildman–Crippen MR) is 542 cm³/mol. The van der Waals surface area contributed by atoms with E-state index in [0.717, 1.165) is 0 Å². The molecular weight excluding hydrogens is 1510 g/mol. The van der Waals surface area contributed by atoms with Crippen LogP contribution >= 0.6 is 0 Å². The van der Waals surface area contributed by atoms with E-state index in [1.165, 1.54) is 155 Å². The summed E-state index contributed by atoms with van der Waals surface area (Å²) < 4.78 is 14.8. The number of nitrogens with zero attached hydrogens (tertiary/aromatic N) is 7. The highest BCUT2D eigenvalue weighted by molar-refractivity contribution is 6.13. The molecule has 648 valence electrons. The average Bonchev–Trinajstić information content (AvgIpc) is 1.57. The maximum Gasteiger partial charge on any atom is 0.0680 e. The molecule has 16 aromatic rings. The second kappa shape index (κ2) is 35.6. The summed E-state index contributed by atoms with van der Waals surface area (Å²) >= 11 is 0. The summed E-state index contributed by atoms with van der Waals surface area (Å²) in [5.74, 6) is 0. The van der Waals surface area contributed by atoms with Crippen molar-refractivity contribution >= 4 is 98.6 Å². The van der Waals surface area contributed by atoms with Gasteiger partial charge in [0, 0.05) is 101 Å². The molecule has 0 saturated carbocycles. The molecule has 0 fully saturated rings. The molecule has 0 amide bonds. The summed E-state index contributed by atoms with van der Waals surface area (Å²) in [6.07, 6.45) is 0. The van der Waals surface area contributed by atoms with Crippen LogP contribution in [0.1, 0.15) is 241 Å². The third-order valence-corrected chi connectivity index (χ3v) is 23.7. The van der Waals surface area contributed by atoms with Gasteiger partial charge in [0.1, 0.15) is 0 Å². The van der Waals surface area contributed by atoms with Crippen molar-refractivity contribution in [2.24, 2.45) is 5.41 Å². The second-order valence-corrected chi connectivity index (χ2v) is 44.2. The Hall–Kier alpha value is -11.0. The summed E-state index contributed by atoms with van der Waals surface area (Å²) in [5.41, 5.74) is 25.7. The van der Waals surface area contributed by atoms with E-state index < -0.39 is 0 Å². The van der Waals surface area contributed by atoms with Gasteiger partial charge in [0.05, 0.1) is 55.8 Å². The highest BCUT2D eigenvalue weighted by Crippen LogP contribution is 2.45. The lowest BCUT2D eigenvalue weighted by Crippen LogP contribution is -2.37. The van der Waals surface area contributed by atoms with Gasteiger partial charge in [-0.25, -0.2) is 0 Å². The van der Waals surface area contributed by atoms with Crippen LogP contribution in [-0.4, -0.2) is 61.1 Å². The zero-order chi connectivity index (χ0) is 91.2. The van der Waals surface area contributed by atoms with Crippen LogP contribution < -0.4 is 4.90 Å². The van der Waals surface area contributed by atoms with Crippen LogP contribution in [0.3, 0.4) is 0 Å². The van der Waals surface area contributed by atoms with Crippen LogP contribution in [0.2, 0.25) is 0 Å². The molecule has 0 atom stereocenters. The molecule has 4 aromatic heterocycles. The smallest absolute Gasteiger partial charge is 0.0680 e. The van der Waals surface area contributed by atoms with E-state index in [9.17, 15) is 0 Å². The van der Waals surface area contributed by atoms with Crippen molar-refractivity contribution in [2.75, 3.05) is 26.1 Å². The minimum atomic E-state index is -0.153. The SMILES string of the molecule is CC(C)(C)C#N.CC(C)(C)N(c1ccccc1)c1ccccc1.CC(C)(C)c1cc(-n2c3ccc(C(C)(C)C)cc3c3cc(C(C)(C)C)ccc32)cc(-n2c3ccc(C(C)(C)C)cc3c3cc(C(C)(C)C)ccc32)c1.CC(C)(C)c1cc(-n2c3ccccc3c3ccccc32)cc(-n2c3ccccc3c3ccccc32)c1.CN(C)C(C)(C)C.COC(C)(C)C. The summed E-state index contributed by atoms with van der Waals surface area (Å²) in [6, 6.07) is 101. The third-order valence-electron chi connectivity index (χ3n) is 23.7. The highest BCUT2D eigenvalue weighted by Gasteiger charge is 2.29. The number of anilines is 2. The van der Waals surface area contributed by atoms with E-state index in [4.69, 9.17) is 10.00 Å². The molecule has 0 spiro atoms. The van der Waals surface area contributed by atoms with Crippen molar-refractivity contribution in [3.63, 3.8) is 0 Å². The Bertz CT molecular complexity index is 5880. The van der Waals surface area contributed by atoms with Gasteiger partial charge in [0.15, 0.2) is 0 Å². The summed E-state index contributed by atoms with van der Waals surface area (Å²) in [4.78, 5) is 4.54. The number of aromatic nitrogens is 4. The molecule has 8 nitrogen and oxygen atoms in total. The zero-order valence-electron chi connectivity index (χ0n) is 81.4. The number of ether oxygens (including phenoxy) is 1. The average molecular weight is 1650 g/mol. The minimum Gasteiger partial charge on any atom is -0.379 e.